The number of aryl methyl sites for hydroxylation is 3. The van der Waals surface area contributed by atoms with Crippen molar-refractivity contribution in [2.45, 2.75) is 32.9 Å². The molecule has 0 spiro atoms. The summed E-state index contributed by atoms with van der Waals surface area (Å²) < 4.78 is 6.40. The van der Waals surface area contributed by atoms with Gasteiger partial charge >= 0.3 is 5.69 Å². The van der Waals surface area contributed by atoms with E-state index >= 15 is 0 Å². The van der Waals surface area contributed by atoms with Crippen LogP contribution in [0.4, 0.5) is 0 Å². The predicted octanol–water partition coefficient (Wildman–Crippen LogP) is 0.478. The summed E-state index contributed by atoms with van der Waals surface area (Å²) in [5, 5.41) is 4.53. The molecular weight excluding hydrogens is 444 g/mol. The van der Waals surface area contributed by atoms with E-state index in [0.29, 0.717) is 39.2 Å². The van der Waals surface area contributed by atoms with Gasteiger partial charge in [0.1, 0.15) is 22.1 Å². The minimum Gasteiger partial charge on any atom is -0.324 e. The second-order valence-corrected chi connectivity index (χ2v) is 7.57. The van der Waals surface area contributed by atoms with Crippen LogP contribution in [0.25, 0.3) is 22.2 Å². The first-order valence-corrected chi connectivity index (χ1v) is 9.88. The van der Waals surface area contributed by atoms with Crippen molar-refractivity contribution in [3.05, 3.63) is 47.9 Å². The molecule has 4 aromatic heterocycles. The number of unbranched alkanes of at least 4 members (excludes halogenated alkanes) is 1. The summed E-state index contributed by atoms with van der Waals surface area (Å²) in [7, 11) is 3.39. The summed E-state index contributed by atoms with van der Waals surface area (Å²) in [5.41, 5.74) is -0.197. The standard InChI is InChI=1S/C17H19BrN8O3/c1-4-5-6-26-14-11(15(27)21-17(26)29)23(2)9(20-14)7-25-8-19-13-10(16(25)28)12(18)22-24(13)3/h8H,4-7H2,1-3H3,(H,21,27,29). The minimum absolute atomic E-state index is 0.0930. The fraction of sp³-hybridized carbons (Fsp3) is 0.412. The van der Waals surface area contributed by atoms with Crippen molar-refractivity contribution in [1.29, 1.82) is 0 Å². The van der Waals surface area contributed by atoms with Crippen molar-refractivity contribution in [1.82, 2.24) is 38.4 Å². The third kappa shape index (κ3) is 3.03. The van der Waals surface area contributed by atoms with Gasteiger partial charge in [-0.05, 0) is 22.4 Å². The number of hydrogen-bond acceptors (Lipinski definition) is 6. The summed E-state index contributed by atoms with van der Waals surface area (Å²) in [6, 6.07) is 0. The van der Waals surface area contributed by atoms with E-state index in [1.807, 2.05) is 6.92 Å². The second kappa shape index (κ2) is 7.10. The number of nitrogens with zero attached hydrogens (tertiary/aromatic N) is 7. The predicted molar refractivity (Wildman–Crippen MR) is 110 cm³/mol. The number of H-pyrrole nitrogens is 1. The SMILES string of the molecule is CCCCn1c(=O)[nH]c(=O)c2c1nc(Cn1cnc3c(c(Br)nn3C)c1=O)n2C. The van der Waals surface area contributed by atoms with Crippen LogP contribution in [0.1, 0.15) is 25.6 Å². The monoisotopic (exact) mass is 462 g/mol. The smallest absolute Gasteiger partial charge is 0.324 e. The average molecular weight is 463 g/mol. The molecule has 0 fully saturated rings. The molecule has 12 heteroatoms. The van der Waals surface area contributed by atoms with Crippen LogP contribution in [-0.4, -0.2) is 38.4 Å². The van der Waals surface area contributed by atoms with Crippen LogP contribution in [0.3, 0.4) is 0 Å². The van der Waals surface area contributed by atoms with Gasteiger partial charge in [0.15, 0.2) is 16.8 Å². The molecule has 0 radical (unpaired) electrons. The molecule has 0 aliphatic rings. The number of imidazole rings is 1. The molecule has 0 aliphatic carbocycles. The molecule has 0 aliphatic heterocycles. The molecule has 4 rings (SSSR count). The highest BCUT2D eigenvalue weighted by molar-refractivity contribution is 9.10. The lowest BCUT2D eigenvalue weighted by Crippen LogP contribution is -2.31. The Hall–Kier alpha value is -3.02. The molecule has 1 N–H and O–H groups in total. The van der Waals surface area contributed by atoms with Gasteiger partial charge in [-0.2, -0.15) is 5.10 Å². The van der Waals surface area contributed by atoms with E-state index in [9.17, 15) is 14.4 Å². The second-order valence-electron chi connectivity index (χ2n) is 6.81. The van der Waals surface area contributed by atoms with E-state index in [-0.39, 0.29) is 12.1 Å². The molecule has 0 saturated carbocycles. The van der Waals surface area contributed by atoms with Crippen LogP contribution >= 0.6 is 15.9 Å². The molecule has 0 amide bonds. The van der Waals surface area contributed by atoms with E-state index in [2.05, 4.69) is 36.0 Å². The largest absolute Gasteiger partial charge is 0.330 e. The zero-order valence-electron chi connectivity index (χ0n) is 16.1. The molecule has 0 atom stereocenters. The lowest BCUT2D eigenvalue weighted by molar-refractivity contribution is 0.612. The van der Waals surface area contributed by atoms with Crippen molar-refractivity contribution >= 4 is 38.1 Å². The van der Waals surface area contributed by atoms with Crippen molar-refractivity contribution in [2.75, 3.05) is 0 Å². The average Bonchev–Trinajstić information content (AvgIpc) is 3.14. The van der Waals surface area contributed by atoms with E-state index in [4.69, 9.17) is 0 Å². The maximum Gasteiger partial charge on any atom is 0.330 e. The van der Waals surface area contributed by atoms with Gasteiger partial charge in [0, 0.05) is 20.6 Å². The Morgan fingerprint density at radius 3 is 2.66 bits per heavy atom. The molecular formula is C17H19BrN8O3. The Morgan fingerprint density at radius 1 is 1.17 bits per heavy atom. The molecule has 4 heterocycles. The lowest BCUT2D eigenvalue weighted by Gasteiger charge is -2.05. The van der Waals surface area contributed by atoms with Crippen molar-refractivity contribution in [2.24, 2.45) is 14.1 Å². The van der Waals surface area contributed by atoms with Gasteiger partial charge in [0.05, 0.1) is 6.54 Å². The number of aromatic amines is 1. The minimum atomic E-state index is -0.505. The van der Waals surface area contributed by atoms with E-state index in [1.54, 1.807) is 18.7 Å². The number of hydrogen-bond donors (Lipinski definition) is 1. The van der Waals surface area contributed by atoms with Crippen LogP contribution in [0.2, 0.25) is 0 Å². The topological polar surface area (TPSA) is 125 Å². The van der Waals surface area contributed by atoms with Crippen LogP contribution in [0, 0.1) is 0 Å². The van der Waals surface area contributed by atoms with Gasteiger partial charge in [-0.15, -0.1) is 0 Å². The van der Waals surface area contributed by atoms with Gasteiger partial charge in [0.25, 0.3) is 11.1 Å². The van der Waals surface area contributed by atoms with Gasteiger partial charge in [-0.3, -0.25) is 23.7 Å². The van der Waals surface area contributed by atoms with Crippen molar-refractivity contribution in [3.8, 4) is 0 Å². The third-order valence-electron chi connectivity index (χ3n) is 4.92. The molecule has 29 heavy (non-hydrogen) atoms. The maximum absolute atomic E-state index is 12.9. The first-order valence-electron chi connectivity index (χ1n) is 9.09. The van der Waals surface area contributed by atoms with Crippen LogP contribution < -0.4 is 16.8 Å². The van der Waals surface area contributed by atoms with E-state index < -0.39 is 11.2 Å². The van der Waals surface area contributed by atoms with Gasteiger partial charge in [0.2, 0.25) is 0 Å². The first kappa shape index (κ1) is 19.3. The summed E-state index contributed by atoms with van der Waals surface area (Å²) in [6.07, 6.45) is 3.10. The fourth-order valence-corrected chi connectivity index (χ4v) is 3.94. The molecule has 152 valence electrons. The molecule has 0 saturated heterocycles. The third-order valence-corrected chi connectivity index (χ3v) is 5.48. The fourth-order valence-electron chi connectivity index (χ4n) is 3.36. The Balaban J connectivity index is 1.88. The zero-order chi connectivity index (χ0) is 20.9. The molecule has 0 aromatic carbocycles. The van der Waals surface area contributed by atoms with E-state index in [1.165, 1.54) is 20.1 Å². The highest BCUT2D eigenvalue weighted by atomic mass is 79.9. The quantitative estimate of drug-likeness (QED) is 0.459. The highest BCUT2D eigenvalue weighted by Crippen LogP contribution is 2.17. The Morgan fingerprint density at radius 2 is 1.93 bits per heavy atom. The van der Waals surface area contributed by atoms with E-state index in [0.717, 1.165) is 12.8 Å². The van der Waals surface area contributed by atoms with Crippen LogP contribution in [0.5, 0.6) is 0 Å². The first-order chi connectivity index (χ1) is 13.8. The Bertz CT molecular complexity index is 1420. The van der Waals surface area contributed by atoms with Crippen molar-refractivity contribution < 1.29 is 0 Å². The zero-order valence-corrected chi connectivity index (χ0v) is 17.7. The number of aromatic nitrogens is 8. The summed E-state index contributed by atoms with van der Waals surface area (Å²) >= 11 is 3.29. The number of nitrogens with one attached hydrogen (secondary N) is 1. The Kier molecular flexibility index (Phi) is 4.73. The summed E-state index contributed by atoms with van der Waals surface area (Å²) in [4.78, 5) is 48.7. The number of rotatable bonds is 5. The highest BCUT2D eigenvalue weighted by Gasteiger charge is 2.19. The maximum atomic E-state index is 12.9. The Labute approximate surface area is 171 Å². The number of fused-ring (bicyclic) bond motifs is 2. The lowest BCUT2D eigenvalue weighted by atomic mass is 10.3. The summed E-state index contributed by atoms with van der Waals surface area (Å²) in [5.74, 6) is 0.463. The molecule has 0 unspecified atom stereocenters. The number of halogens is 1. The van der Waals surface area contributed by atoms with Crippen LogP contribution in [0.15, 0.2) is 25.3 Å². The van der Waals surface area contributed by atoms with Gasteiger partial charge in [-0.1, -0.05) is 13.3 Å². The van der Waals surface area contributed by atoms with Crippen LogP contribution in [-0.2, 0) is 27.2 Å². The molecule has 0 bridgehead atoms. The summed E-state index contributed by atoms with van der Waals surface area (Å²) in [6.45, 7) is 2.56. The van der Waals surface area contributed by atoms with Gasteiger partial charge < -0.3 is 4.57 Å². The molecule has 4 aromatic rings. The van der Waals surface area contributed by atoms with Crippen molar-refractivity contribution in [3.63, 3.8) is 0 Å². The normalized spacial score (nSPS) is 11.7. The molecule has 11 nitrogen and oxygen atoms in total. The van der Waals surface area contributed by atoms with Gasteiger partial charge in [-0.25, -0.2) is 19.4 Å².